The summed E-state index contributed by atoms with van der Waals surface area (Å²) in [5.41, 5.74) is 1.30. The standard InChI is InChI=1S/C11H13ClN4.ClH/c12-10-5-11-14-7-15-16(11)6-9(10)8-1-3-13-4-2-8;/h5-8,13H,1-4H2;1H/i3D2,4D2;. The molecule has 1 N–H and O–H groups in total. The van der Waals surface area contributed by atoms with Crippen molar-refractivity contribution in [2.24, 2.45) is 0 Å². The highest BCUT2D eigenvalue weighted by Gasteiger charge is 2.18. The van der Waals surface area contributed by atoms with Crippen LogP contribution in [0.1, 0.15) is 29.8 Å². The molecular formula is C11H14Cl2N4. The molecule has 3 rings (SSSR count). The molecule has 17 heavy (non-hydrogen) atoms. The van der Waals surface area contributed by atoms with Gasteiger partial charge in [-0.3, -0.25) is 0 Å². The van der Waals surface area contributed by atoms with Crippen molar-refractivity contribution in [2.75, 3.05) is 13.0 Å². The van der Waals surface area contributed by atoms with Crippen molar-refractivity contribution in [1.82, 2.24) is 19.9 Å². The van der Waals surface area contributed by atoms with E-state index in [0.717, 1.165) is 0 Å². The Labute approximate surface area is 116 Å². The molecule has 0 radical (unpaired) electrons. The number of hydrogen-bond donors (Lipinski definition) is 1. The van der Waals surface area contributed by atoms with Gasteiger partial charge in [0.05, 0.1) is 0 Å². The van der Waals surface area contributed by atoms with Crippen LogP contribution in [0.4, 0.5) is 0 Å². The van der Waals surface area contributed by atoms with Crippen LogP contribution in [0.2, 0.25) is 5.02 Å². The zero-order chi connectivity index (χ0) is 14.5. The Morgan fingerprint density at radius 1 is 1.47 bits per heavy atom. The van der Waals surface area contributed by atoms with E-state index in [-0.39, 0.29) is 31.2 Å². The summed E-state index contributed by atoms with van der Waals surface area (Å²) < 4.78 is 32.8. The maximum absolute atomic E-state index is 7.80. The lowest BCUT2D eigenvalue weighted by atomic mass is 9.91. The van der Waals surface area contributed by atoms with Gasteiger partial charge in [0.2, 0.25) is 0 Å². The molecule has 0 bridgehead atoms. The zero-order valence-electron chi connectivity index (χ0n) is 12.9. The molecule has 1 fully saturated rings. The van der Waals surface area contributed by atoms with Crippen LogP contribution in [0.25, 0.3) is 5.65 Å². The van der Waals surface area contributed by atoms with Crippen molar-refractivity contribution in [2.45, 2.75) is 18.8 Å². The first-order valence-electron chi connectivity index (χ1n) is 7.04. The maximum atomic E-state index is 7.80. The van der Waals surface area contributed by atoms with Crippen LogP contribution in [0.5, 0.6) is 0 Å². The topological polar surface area (TPSA) is 42.2 Å². The van der Waals surface area contributed by atoms with Crippen molar-refractivity contribution in [3.05, 3.63) is 29.2 Å². The number of nitrogens with one attached hydrogen (secondary N) is 1. The lowest BCUT2D eigenvalue weighted by molar-refractivity contribution is 0.459. The van der Waals surface area contributed by atoms with E-state index in [4.69, 9.17) is 17.1 Å². The van der Waals surface area contributed by atoms with Crippen LogP contribution in [-0.4, -0.2) is 27.6 Å². The molecule has 0 aromatic carbocycles. The van der Waals surface area contributed by atoms with Crippen LogP contribution < -0.4 is 5.32 Å². The summed E-state index contributed by atoms with van der Waals surface area (Å²) >= 11 is 6.23. The first-order chi connectivity index (χ1) is 9.26. The summed E-state index contributed by atoms with van der Waals surface area (Å²) in [7, 11) is 0. The smallest absolute Gasteiger partial charge is 0.156 e. The maximum Gasteiger partial charge on any atom is 0.156 e. The molecule has 0 unspecified atom stereocenters. The Bertz CT molecular complexity index is 645. The number of nitrogens with zero attached hydrogens (tertiary/aromatic N) is 3. The number of fused-ring (bicyclic) bond motifs is 1. The Kier molecular flexibility index (Phi) is 2.54. The number of piperidine rings is 1. The molecule has 0 atom stereocenters. The van der Waals surface area contributed by atoms with E-state index >= 15 is 0 Å². The summed E-state index contributed by atoms with van der Waals surface area (Å²) in [6.07, 6.45) is 3.43. The monoisotopic (exact) mass is 276 g/mol. The number of pyridine rings is 1. The molecule has 0 spiro atoms. The average Bonchev–Trinajstić information content (AvgIpc) is 2.70. The van der Waals surface area contributed by atoms with Gasteiger partial charge in [-0.25, -0.2) is 9.50 Å². The van der Waals surface area contributed by atoms with Gasteiger partial charge in [-0.1, -0.05) is 11.6 Å². The van der Waals surface area contributed by atoms with Gasteiger partial charge in [0.25, 0.3) is 0 Å². The van der Waals surface area contributed by atoms with E-state index in [1.54, 1.807) is 16.8 Å². The fourth-order valence-electron chi connectivity index (χ4n) is 1.86. The molecule has 0 saturated carbocycles. The van der Waals surface area contributed by atoms with E-state index in [1.165, 1.54) is 6.33 Å². The van der Waals surface area contributed by atoms with Crippen LogP contribution >= 0.6 is 24.0 Å². The lowest BCUT2D eigenvalue weighted by Gasteiger charge is -2.23. The number of hydrogen-bond acceptors (Lipinski definition) is 3. The number of rotatable bonds is 1. The molecule has 0 amide bonds. The fraction of sp³-hybridized carbons (Fsp3) is 0.455. The normalized spacial score (nSPS) is 26.4. The summed E-state index contributed by atoms with van der Waals surface area (Å²) in [6, 6.07) is 1.66. The van der Waals surface area contributed by atoms with E-state index in [2.05, 4.69) is 15.4 Å². The predicted octanol–water partition coefficient (Wildman–Crippen LogP) is 2.27. The van der Waals surface area contributed by atoms with Crippen molar-refractivity contribution in [1.29, 1.82) is 0 Å². The van der Waals surface area contributed by atoms with Crippen LogP contribution in [-0.2, 0) is 0 Å². The number of halogens is 2. The molecular weight excluding hydrogens is 259 g/mol. The van der Waals surface area contributed by atoms with Crippen LogP contribution in [0.3, 0.4) is 0 Å². The van der Waals surface area contributed by atoms with Crippen molar-refractivity contribution < 1.29 is 5.48 Å². The SMILES string of the molecule is Cl.[2H]C1([2H])CC(c2cn3ncnc3cc2Cl)CC([2H])([2H])N1. The second-order valence-corrected chi connectivity index (χ2v) is 4.13. The Morgan fingerprint density at radius 2 is 2.24 bits per heavy atom. The quantitative estimate of drug-likeness (QED) is 0.869. The fourth-order valence-corrected chi connectivity index (χ4v) is 2.16. The molecule has 92 valence electrons. The van der Waals surface area contributed by atoms with Crippen molar-refractivity contribution in [3.8, 4) is 0 Å². The van der Waals surface area contributed by atoms with Crippen molar-refractivity contribution in [3.63, 3.8) is 0 Å². The molecule has 0 aliphatic carbocycles. The molecule has 1 saturated heterocycles. The summed E-state index contributed by atoms with van der Waals surface area (Å²) in [6.45, 7) is -3.54. The van der Waals surface area contributed by atoms with Crippen LogP contribution in [0, 0.1) is 0 Å². The predicted molar refractivity (Wildman–Crippen MR) is 70.1 cm³/mol. The van der Waals surface area contributed by atoms with Crippen LogP contribution in [0.15, 0.2) is 18.6 Å². The van der Waals surface area contributed by atoms with E-state index in [0.29, 0.717) is 16.2 Å². The minimum atomic E-state index is -1.77. The van der Waals surface area contributed by atoms with Gasteiger partial charge in [-0.05, 0) is 37.3 Å². The highest BCUT2D eigenvalue weighted by Crippen LogP contribution is 2.31. The minimum absolute atomic E-state index is 0. The largest absolute Gasteiger partial charge is 0.317 e. The van der Waals surface area contributed by atoms with Gasteiger partial charge in [0, 0.05) is 22.8 Å². The lowest BCUT2D eigenvalue weighted by Crippen LogP contribution is -2.26. The summed E-state index contributed by atoms with van der Waals surface area (Å²) in [5, 5.41) is 6.87. The second-order valence-electron chi connectivity index (χ2n) is 3.72. The second kappa shape index (κ2) is 5.21. The minimum Gasteiger partial charge on any atom is -0.317 e. The molecule has 6 heteroatoms. The molecule has 2 aromatic heterocycles. The Balaban J connectivity index is 0.00000161. The summed E-state index contributed by atoms with van der Waals surface area (Å²) in [4.78, 5) is 4.03. The van der Waals surface area contributed by atoms with Gasteiger partial charge < -0.3 is 5.32 Å². The molecule has 4 nitrogen and oxygen atoms in total. The first-order valence-corrected chi connectivity index (χ1v) is 5.42. The molecule has 3 heterocycles. The van der Waals surface area contributed by atoms with Gasteiger partial charge in [-0.2, -0.15) is 5.10 Å². The summed E-state index contributed by atoms with van der Waals surface area (Å²) in [5.74, 6) is -0.317. The van der Waals surface area contributed by atoms with Crippen molar-refractivity contribution >= 4 is 29.7 Å². The van der Waals surface area contributed by atoms with Gasteiger partial charge in [0.1, 0.15) is 6.33 Å². The van der Waals surface area contributed by atoms with Gasteiger partial charge in [-0.15, -0.1) is 12.4 Å². The van der Waals surface area contributed by atoms with E-state index in [1.807, 2.05) is 0 Å². The third kappa shape index (κ3) is 2.39. The highest BCUT2D eigenvalue weighted by molar-refractivity contribution is 6.31. The molecule has 1 aliphatic rings. The number of aromatic nitrogens is 3. The zero-order valence-corrected chi connectivity index (χ0v) is 10.4. The Hall–Kier alpha value is -0.840. The third-order valence-corrected chi connectivity index (χ3v) is 3.03. The van der Waals surface area contributed by atoms with Gasteiger partial charge >= 0.3 is 0 Å². The molecule has 1 aliphatic heterocycles. The average molecular weight is 277 g/mol. The third-order valence-electron chi connectivity index (χ3n) is 2.71. The molecule has 2 aromatic rings. The van der Waals surface area contributed by atoms with E-state index in [9.17, 15) is 0 Å². The van der Waals surface area contributed by atoms with E-state index < -0.39 is 13.0 Å². The van der Waals surface area contributed by atoms with Gasteiger partial charge in [0.15, 0.2) is 5.65 Å². The highest BCUT2D eigenvalue weighted by atomic mass is 35.5. The first kappa shape index (κ1) is 8.29. The Morgan fingerprint density at radius 3 is 3.00 bits per heavy atom.